The van der Waals surface area contributed by atoms with Gasteiger partial charge in [0.1, 0.15) is 0 Å². The van der Waals surface area contributed by atoms with Crippen LogP contribution in [0.4, 0.5) is 0 Å². The molecule has 1 aliphatic rings. The van der Waals surface area contributed by atoms with Crippen molar-refractivity contribution in [3.8, 4) is 0 Å². The molecule has 0 bridgehead atoms. The Morgan fingerprint density at radius 1 is 1.09 bits per heavy atom. The summed E-state index contributed by atoms with van der Waals surface area (Å²) in [7, 11) is -3.42. The van der Waals surface area contributed by atoms with Gasteiger partial charge >= 0.3 is 0 Å². The van der Waals surface area contributed by atoms with Crippen molar-refractivity contribution in [3.05, 3.63) is 0 Å². The Bertz CT molecular complexity index is 419. The number of sulfone groups is 1. The molecule has 0 aliphatic carbocycles. The highest BCUT2D eigenvalue weighted by Gasteiger charge is 2.37. The van der Waals surface area contributed by atoms with Crippen LogP contribution in [0.5, 0.6) is 0 Å². The minimum atomic E-state index is -3.42. The van der Waals surface area contributed by atoms with Gasteiger partial charge in [-0.2, -0.15) is 0 Å². The second-order valence-electron chi connectivity index (χ2n) is 6.08. The molecule has 1 heterocycles. The van der Waals surface area contributed by atoms with Gasteiger partial charge in [-0.1, -0.05) is 0 Å². The molecule has 1 rings (SSSR count). The first kappa shape index (κ1) is 21.1. The first-order valence-corrected chi connectivity index (χ1v) is 9.83. The van der Waals surface area contributed by atoms with Crippen LogP contribution in [0.3, 0.4) is 0 Å². The van der Waals surface area contributed by atoms with Gasteiger partial charge in [-0.3, -0.25) is 0 Å². The van der Waals surface area contributed by atoms with Gasteiger partial charge in [0.25, 0.3) is 0 Å². The summed E-state index contributed by atoms with van der Waals surface area (Å²) in [6.07, 6.45) is -0.545. The predicted octanol–water partition coefficient (Wildman–Crippen LogP) is 0.760. The van der Waals surface area contributed by atoms with E-state index in [1.165, 1.54) is 0 Å². The molecule has 2 unspecified atom stereocenters. The molecule has 9 heteroatoms. The third-order valence-corrected chi connectivity index (χ3v) is 6.84. The maximum absolute atomic E-state index is 12.6. The molecule has 0 aromatic heterocycles. The van der Waals surface area contributed by atoms with Crippen LogP contribution in [0, 0.1) is 0 Å². The number of rotatable bonds is 5. The number of halogens is 1. The van der Waals surface area contributed by atoms with E-state index in [1.54, 1.807) is 20.8 Å². The van der Waals surface area contributed by atoms with E-state index in [2.05, 4.69) is 4.84 Å². The summed E-state index contributed by atoms with van der Waals surface area (Å²) < 4.78 is 46.9. The topological polar surface area (TPSA) is 83.1 Å². The zero-order chi connectivity index (χ0) is 17.3. The SMILES string of the molecule is CC(C(C)(C)NCl)S(=O)(=O)CC1COCCOCCOCCO1. The summed E-state index contributed by atoms with van der Waals surface area (Å²) in [5.74, 6) is -0.128. The van der Waals surface area contributed by atoms with E-state index in [0.29, 0.717) is 39.6 Å². The minimum Gasteiger partial charge on any atom is -0.377 e. The Morgan fingerprint density at radius 2 is 1.61 bits per heavy atom. The molecular formula is C14H28ClNO6S. The predicted molar refractivity (Wildman–Crippen MR) is 88.5 cm³/mol. The molecule has 0 amide bonds. The average Bonchev–Trinajstić information content (AvgIpc) is 2.49. The molecule has 0 aromatic rings. The lowest BCUT2D eigenvalue weighted by Crippen LogP contribution is -2.50. The minimum absolute atomic E-state index is 0.128. The van der Waals surface area contributed by atoms with Gasteiger partial charge in [0, 0.05) is 5.54 Å². The number of ether oxygens (including phenoxy) is 4. The van der Waals surface area contributed by atoms with Crippen molar-refractivity contribution in [2.75, 3.05) is 52.0 Å². The molecule has 0 spiro atoms. The Hall–Kier alpha value is 0.0400. The van der Waals surface area contributed by atoms with Crippen molar-refractivity contribution >= 4 is 21.6 Å². The fourth-order valence-corrected chi connectivity index (χ4v) is 4.19. The third kappa shape index (κ3) is 7.64. The van der Waals surface area contributed by atoms with Gasteiger partial charge in [-0.15, -0.1) is 0 Å². The lowest BCUT2D eigenvalue weighted by molar-refractivity contribution is -0.0597. The Balaban J connectivity index is 2.64. The lowest BCUT2D eigenvalue weighted by Gasteiger charge is -2.31. The fraction of sp³-hybridized carbons (Fsp3) is 1.00. The highest BCUT2D eigenvalue weighted by atomic mass is 35.5. The molecule has 0 radical (unpaired) electrons. The summed E-state index contributed by atoms with van der Waals surface area (Å²) in [5.41, 5.74) is -0.746. The van der Waals surface area contributed by atoms with Crippen LogP contribution in [-0.2, 0) is 28.8 Å². The lowest BCUT2D eigenvalue weighted by atomic mass is 10.0. The van der Waals surface area contributed by atoms with Gasteiger partial charge in [0.15, 0.2) is 9.84 Å². The van der Waals surface area contributed by atoms with E-state index in [1.807, 2.05) is 0 Å². The normalized spacial score (nSPS) is 24.4. The smallest absolute Gasteiger partial charge is 0.157 e. The third-order valence-electron chi connectivity index (χ3n) is 3.85. The van der Waals surface area contributed by atoms with Crippen LogP contribution in [0.1, 0.15) is 20.8 Å². The van der Waals surface area contributed by atoms with Gasteiger partial charge in [-0.25, -0.2) is 13.3 Å². The maximum Gasteiger partial charge on any atom is 0.157 e. The van der Waals surface area contributed by atoms with Crippen molar-refractivity contribution in [2.24, 2.45) is 0 Å². The van der Waals surface area contributed by atoms with Gasteiger partial charge in [0.05, 0.1) is 63.4 Å². The van der Waals surface area contributed by atoms with E-state index in [0.717, 1.165) is 0 Å². The number of nitrogens with one attached hydrogen (secondary N) is 1. The van der Waals surface area contributed by atoms with E-state index in [-0.39, 0.29) is 12.4 Å². The highest BCUT2D eigenvalue weighted by Crippen LogP contribution is 2.20. The number of hydrogen-bond donors (Lipinski definition) is 1. The van der Waals surface area contributed by atoms with Crippen molar-refractivity contribution in [3.63, 3.8) is 0 Å². The van der Waals surface area contributed by atoms with Crippen LogP contribution < -0.4 is 4.84 Å². The van der Waals surface area contributed by atoms with Crippen LogP contribution in [0.15, 0.2) is 0 Å². The fourth-order valence-electron chi connectivity index (χ4n) is 2.00. The Kier molecular flexibility index (Phi) is 9.28. The molecule has 138 valence electrons. The zero-order valence-electron chi connectivity index (χ0n) is 14.0. The molecule has 0 saturated carbocycles. The maximum atomic E-state index is 12.6. The van der Waals surface area contributed by atoms with Crippen molar-refractivity contribution in [2.45, 2.75) is 37.7 Å². The average molecular weight is 374 g/mol. The van der Waals surface area contributed by atoms with E-state index < -0.39 is 26.7 Å². The molecule has 1 fully saturated rings. The first-order chi connectivity index (χ1) is 10.8. The van der Waals surface area contributed by atoms with Crippen LogP contribution >= 0.6 is 11.8 Å². The highest BCUT2D eigenvalue weighted by molar-refractivity contribution is 7.92. The van der Waals surface area contributed by atoms with Crippen LogP contribution in [0.2, 0.25) is 0 Å². The molecule has 0 aromatic carbocycles. The second kappa shape index (κ2) is 10.1. The van der Waals surface area contributed by atoms with Crippen molar-refractivity contribution in [1.29, 1.82) is 0 Å². The molecule has 2 atom stereocenters. The molecular weight excluding hydrogens is 346 g/mol. The van der Waals surface area contributed by atoms with E-state index in [9.17, 15) is 8.42 Å². The Morgan fingerprint density at radius 3 is 2.17 bits per heavy atom. The summed E-state index contributed by atoms with van der Waals surface area (Å²) in [6.45, 7) is 7.86. The van der Waals surface area contributed by atoms with E-state index in [4.69, 9.17) is 30.7 Å². The second-order valence-corrected chi connectivity index (χ2v) is 8.64. The van der Waals surface area contributed by atoms with Gasteiger partial charge < -0.3 is 18.9 Å². The summed E-state index contributed by atoms with van der Waals surface area (Å²) in [6, 6.07) is 0. The summed E-state index contributed by atoms with van der Waals surface area (Å²) >= 11 is 5.66. The van der Waals surface area contributed by atoms with Crippen molar-refractivity contribution in [1.82, 2.24) is 4.84 Å². The monoisotopic (exact) mass is 373 g/mol. The van der Waals surface area contributed by atoms with Crippen LogP contribution in [-0.4, -0.2) is 77.3 Å². The largest absolute Gasteiger partial charge is 0.377 e. The molecule has 1 saturated heterocycles. The summed E-state index contributed by atoms with van der Waals surface area (Å²) in [4.78, 5) is 2.52. The molecule has 1 N–H and O–H groups in total. The standard InChI is InChI=1S/C14H28ClNO6S/c1-12(14(2,3)16-15)23(17,18)11-13-10-21-7-6-19-4-5-20-8-9-22-13/h12-13,16H,4-11H2,1-3H3. The molecule has 23 heavy (non-hydrogen) atoms. The first-order valence-electron chi connectivity index (χ1n) is 7.74. The number of hydrogen-bond acceptors (Lipinski definition) is 7. The zero-order valence-corrected chi connectivity index (χ0v) is 15.6. The Labute approximate surface area is 144 Å². The molecule has 7 nitrogen and oxygen atoms in total. The van der Waals surface area contributed by atoms with Crippen LogP contribution in [0.25, 0.3) is 0 Å². The molecule has 1 aliphatic heterocycles. The van der Waals surface area contributed by atoms with E-state index >= 15 is 0 Å². The van der Waals surface area contributed by atoms with Gasteiger partial charge in [0.2, 0.25) is 0 Å². The van der Waals surface area contributed by atoms with Gasteiger partial charge in [-0.05, 0) is 32.5 Å². The van der Waals surface area contributed by atoms with Crippen molar-refractivity contribution < 1.29 is 27.4 Å². The summed E-state index contributed by atoms with van der Waals surface area (Å²) in [5, 5.41) is -0.669. The quantitative estimate of drug-likeness (QED) is 0.712.